The Morgan fingerprint density at radius 3 is 2.48 bits per heavy atom. The fraction of sp³-hybridized carbons (Fsp3) is 0. The predicted octanol–water partition coefficient (Wildman–Crippen LogP) is 4.16. The van der Waals surface area contributed by atoms with E-state index in [2.05, 4.69) is 35.1 Å². The van der Waals surface area contributed by atoms with E-state index >= 15 is 0 Å². The van der Waals surface area contributed by atoms with E-state index in [1.807, 2.05) is 6.07 Å². The molecule has 0 atom stereocenters. The Hall–Kier alpha value is -4.53. The van der Waals surface area contributed by atoms with Crippen molar-refractivity contribution in [1.82, 2.24) is 40.1 Å². The lowest BCUT2D eigenvalue weighted by Crippen LogP contribution is -1.87. The maximum Gasteiger partial charge on any atom is 0.159 e. The Labute approximate surface area is 174 Å². The maximum absolute atomic E-state index is 13.3. The molecule has 6 aromatic rings. The second-order valence-electron chi connectivity index (χ2n) is 6.99. The van der Waals surface area contributed by atoms with Gasteiger partial charge in [0.25, 0.3) is 0 Å². The topological polar surface area (TPSA) is 109 Å². The average Bonchev–Trinajstić information content (AvgIpc) is 3.43. The van der Waals surface area contributed by atoms with Gasteiger partial charge in [0.1, 0.15) is 17.8 Å². The summed E-state index contributed by atoms with van der Waals surface area (Å²) in [6.45, 7) is 0. The molecule has 2 N–H and O–H groups in total. The van der Waals surface area contributed by atoms with Crippen LogP contribution in [0.4, 0.5) is 4.39 Å². The van der Waals surface area contributed by atoms with Gasteiger partial charge in [-0.15, -0.1) is 0 Å². The normalized spacial score (nSPS) is 11.4. The Morgan fingerprint density at radius 1 is 0.806 bits per heavy atom. The number of benzene rings is 1. The lowest BCUT2D eigenvalue weighted by molar-refractivity contribution is 0.628. The first kappa shape index (κ1) is 17.3. The first-order valence-corrected chi connectivity index (χ1v) is 9.46. The Balaban J connectivity index is 1.51. The summed E-state index contributed by atoms with van der Waals surface area (Å²) in [5.74, 6) is 0.307. The van der Waals surface area contributed by atoms with Crippen LogP contribution in [0.5, 0.6) is 0 Å². The van der Waals surface area contributed by atoms with Crippen molar-refractivity contribution in [2.45, 2.75) is 0 Å². The number of fused-ring (bicyclic) bond motifs is 2. The lowest BCUT2D eigenvalue weighted by atomic mass is 10.1. The van der Waals surface area contributed by atoms with Crippen molar-refractivity contribution in [3.63, 3.8) is 0 Å². The number of halogens is 1. The van der Waals surface area contributed by atoms with E-state index in [1.54, 1.807) is 43.1 Å². The summed E-state index contributed by atoms with van der Waals surface area (Å²) in [6, 6.07) is 8.20. The highest BCUT2D eigenvalue weighted by Gasteiger charge is 2.16. The third kappa shape index (κ3) is 2.91. The predicted molar refractivity (Wildman–Crippen MR) is 113 cm³/mol. The zero-order valence-corrected chi connectivity index (χ0v) is 15.9. The fourth-order valence-corrected chi connectivity index (χ4v) is 3.57. The molecule has 9 heteroatoms. The summed E-state index contributed by atoms with van der Waals surface area (Å²) in [5.41, 5.74) is 6.13. The Kier molecular flexibility index (Phi) is 3.79. The van der Waals surface area contributed by atoms with Gasteiger partial charge in [0.2, 0.25) is 0 Å². The summed E-state index contributed by atoms with van der Waals surface area (Å²) in [4.78, 5) is 25.0. The average molecular weight is 408 g/mol. The largest absolute Gasteiger partial charge is 0.335 e. The smallest absolute Gasteiger partial charge is 0.159 e. The van der Waals surface area contributed by atoms with Crippen LogP contribution in [0.25, 0.3) is 55.8 Å². The van der Waals surface area contributed by atoms with Crippen molar-refractivity contribution in [3.8, 4) is 33.9 Å². The molecule has 0 saturated carbocycles. The van der Waals surface area contributed by atoms with Crippen LogP contribution < -0.4 is 0 Å². The molecular weight excluding hydrogens is 395 g/mol. The molecule has 0 aliphatic rings. The molecule has 8 nitrogen and oxygen atoms in total. The highest BCUT2D eigenvalue weighted by atomic mass is 19.1. The molecule has 0 bridgehead atoms. The molecule has 0 amide bonds. The number of aromatic amines is 2. The van der Waals surface area contributed by atoms with Gasteiger partial charge in [-0.05, 0) is 23.8 Å². The van der Waals surface area contributed by atoms with Crippen molar-refractivity contribution in [2.24, 2.45) is 0 Å². The summed E-state index contributed by atoms with van der Waals surface area (Å²) in [5, 5.41) is 8.32. The number of rotatable bonds is 3. The van der Waals surface area contributed by atoms with Crippen molar-refractivity contribution in [3.05, 3.63) is 73.5 Å². The van der Waals surface area contributed by atoms with Crippen LogP contribution in [0.2, 0.25) is 0 Å². The molecular formula is C22H13FN8. The lowest BCUT2D eigenvalue weighted by Gasteiger charge is -2.01. The summed E-state index contributed by atoms with van der Waals surface area (Å²) < 4.78 is 13.3. The van der Waals surface area contributed by atoms with Crippen molar-refractivity contribution < 1.29 is 4.39 Å². The third-order valence-corrected chi connectivity index (χ3v) is 5.08. The van der Waals surface area contributed by atoms with E-state index in [4.69, 9.17) is 4.98 Å². The first-order chi connectivity index (χ1) is 15.3. The van der Waals surface area contributed by atoms with Gasteiger partial charge in [0.15, 0.2) is 5.82 Å². The van der Waals surface area contributed by atoms with E-state index < -0.39 is 0 Å². The van der Waals surface area contributed by atoms with Gasteiger partial charge in [-0.3, -0.25) is 15.1 Å². The Bertz CT molecular complexity index is 1540. The molecule has 148 valence electrons. The van der Waals surface area contributed by atoms with Crippen LogP contribution in [0.1, 0.15) is 0 Å². The highest BCUT2D eigenvalue weighted by Crippen LogP contribution is 2.31. The molecule has 1 aromatic carbocycles. The van der Waals surface area contributed by atoms with E-state index in [1.165, 1.54) is 18.5 Å². The standard InChI is InChI=1S/C22H13FN8/c23-14-3-1-12(2-4-14)16-8-24-9-19-20(16)29-22(28-19)21-15-5-17(13-6-25-11-26-7-13)27-10-18(15)30-31-21/h1-11H,(H,28,29)(H,30,31). The van der Waals surface area contributed by atoms with Gasteiger partial charge in [-0.25, -0.2) is 19.3 Å². The van der Waals surface area contributed by atoms with Crippen LogP contribution in [-0.2, 0) is 0 Å². The van der Waals surface area contributed by atoms with Crippen LogP contribution >= 0.6 is 0 Å². The van der Waals surface area contributed by atoms with Crippen molar-refractivity contribution in [1.29, 1.82) is 0 Å². The molecule has 0 aliphatic heterocycles. The Morgan fingerprint density at radius 2 is 1.65 bits per heavy atom. The van der Waals surface area contributed by atoms with Crippen LogP contribution in [-0.4, -0.2) is 40.1 Å². The number of hydrogen-bond acceptors (Lipinski definition) is 6. The zero-order valence-electron chi connectivity index (χ0n) is 15.9. The van der Waals surface area contributed by atoms with Gasteiger partial charge < -0.3 is 4.98 Å². The molecule has 6 rings (SSSR count). The number of nitrogens with zero attached hydrogens (tertiary/aromatic N) is 6. The van der Waals surface area contributed by atoms with Gasteiger partial charge >= 0.3 is 0 Å². The van der Waals surface area contributed by atoms with E-state index in [0.29, 0.717) is 11.5 Å². The number of imidazole rings is 1. The van der Waals surface area contributed by atoms with Gasteiger partial charge in [0.05, 0.1) is 34.6 Å². The summed E-state index contributed by atoms with van der Waals surface area (Å²) in [6.07, 6.45) is 10.1. The summed E-state index contributed by atoms with van der Waals surface area (Å²) >= 11 is 0. The van der Waals surface area contributed by atoms with E-state index in [-0.39, 0.29) is 5.82 Å². The molecule has 31 heavy (non-hydrogen) atoms. The minimum atomic E-state index is -0.289. The zero-order chi connectivity index (χ0) is 20.8. The number of aromatic nitrogens is 8. The minimum Gasteiger partial charge on any atom is -0.335 e. The van der Waals surface area contributed by atoms with Gasteiger partial charge in [-0.2, -0.15) is 5.10 Å². The van der Waals surface area contributed by atoms with Crippen LogP contribution in [0, 0.1) is 5.82 Å². The molecule has 0 radical (unpaired) electrons. The quantitative estimate of drug-likeness (QED) is 0.455. The number of pyridine rings is 2. The maximum atomic E-state index is 13.3. The van der Waals surface area contributed by atoms with Crippen LogP contribution in [0.15, 0.2) is 67.6 Å². The third-order valence-electron chi connectivity index (χ3n) is 5.08. The minimum absolute atomic E-state index is 0.289. The second kappa shape index (κ2) is 6.77. The van der Waals surface area contributed by atoms with Crippen molar-refractivity contribution >= 4 is 21.9 Å². The van der Waals surface area contributed by atoms with E-state index in [0.717, 1.165) is 44.3 Å². The van der Waals surface area contributed by atoms with Crippen molar-refractivity contribution in [2.75, 3.05) is 0 Å². The van der Waals surface area contributed by atoms with Gasteiger partial charge in [-0.1, -0.05) is 12.1 Å². The van der Waals surface area contributed by atoms with Gasteiger partial charge in [0, 0.05) is 35.1 Å². The van der Waals surface area contributed by atoms with E-state index in [9.17, 15) is 4.39 Å². The summed E-state index contributed by atoms with van der Waals surface area (Å²) in [7, 11) is 0. The molecule has 0 saturated heterocycles. The SMILES string of the molecule is Fc1ccc(-c2cncc3[nH]c(-c4n[nH]c5cnc(-c6cncnc6)cc45)nc23)cc1. The molecule has 0 spiro atoms. The number of hydrogen-bond donors (Lipinski definition) is 2. The second-order valence-corrected chi connectivity index (χ2v) is 6.99. The first-order valence-electron chi connectivity index (χ1n) is 9.46. The number of nitrogens with one attached hydrogen (secondary N) is 2. The molecule has 0 unspecified atom stereocenters. The number of H-pyrrole nitrogens is 2. The highest BCUT2D eigenvalue weighted by molar-refractivity contribution is 5.97. The van der Waals surface area contributed by atoms with Crippen LogP contribution in [0.3, 0.4) is 0 Å². The monoisotopic (exact) mass is 408 g/mol. The molecule has 5 heterocycles. The molecule has 0 fully saturated rings. The molecule has 0 aliphatic carbocycles. The molecule has 5 aromatic heterocycles. The fourth-order valence-electron chi connectivity index (χ4n) is 3.57.